The van der Waals surface area contributed by atoms with Crippen LogP contribution in [0.25, 0.3) is 0 Å². The first-order valence-corrected chi connectivity index (χ1v) is 6.00. The number of hydrogen-bond donors (Lipinski definition) is 4. The molecule has 1 aliphatic rings. The van der Waals surface area contributed by atoms with Crippen LogP contribution in [0, 0.1) is 5.92 Å². The molecular weight excluding hydrogens is 223 g/mol. The second-order valence-electron chi connectivity index (χ2n) is 4.34. The summed E-state index contributed by atoms with van der Waals surface area (Å²) in [6.07, 6.45) is 4.88. The van der Waals surface area contributed by atoms with Crippen LogP contribution < -0.4 is 10.6 Å². The molecular formula is C10H19BN2O4. The van der Waals surface area contributed by atoms with Crippen LogP contribution >= 0.6 is 0 Å². The summed E-state index contributed by atoms with van der Waals surface area (Å²) in [5, 5.41) is 21.9. The molecule has 0 aliphatic heterocycles. The van der Waals surface area contributed by atoms with Crippen molar-refractivity contribution in [3.63, 3.8) is 0 Å². The maximum absolute atomic E-state index is 11.7. The predicted molar refractivity (Wildman–Crippen MR) is 62.8 cm³/mol. The highest BCUT2D eigenvalue weighted by molar-refractivity contribution is 6.41. The number of hydrogen-bond acceptors (Lipinski definition) is 4. The molecule has 0 radical (unpaired) electrons. The van der Waals surface area contributed by atoms with Gasteiger partial charge in [0.25, 0.3) is 0 Å². The highest BCUT2D eigenvalue weighted by Crippen LogP contribution is 2.23. The molecule has 17 heavy (non-hydrogen) atoms. The Hall–Kier alpha value is -1.08. The lowest BCUT2D eigenvalue weighted by Gasteiger charge is -2.20. The van der Waals surface area contributed by atoms with Gasteiger partial charge in [-0.2, -0.15) is 0 Å². The minimum Gasteiger partial charge on any atom is -0.426 e. The summed E-state index contributed by atoms with van der Waals surface area (Å²) < 4.78 is 0. The van der Waals surface area contributed by atoms with E-state index >= 15 is 0 Å². The van der Waals surface area contributed by atoms with Gasteiger partial charge >= 0.3 is 7.12 Å². The molecule has 4 N–H and O–H groups in total. The topological polar surface area (TPSA) is 98.7 Å². The Morgan fingerprint density at radius 2 is 1.76 bits per heavy atom. The molecule has 1 aliphatic carbocycles. The van der Waals surface area contributed by atoms with Crippen LogP contribution in [-0.4, -0.2) is 42.0 Å². The Morgan fingerprint density at radius 1 is 1.12 bits per heavy atom. The normalized spacial score (nSPS) is 16.4. The van der Waals surface area contributed by atoms with Crippen LogP contribution in [-0.2, 0) is 9.59 Å². The highest BCUT2D eigenvalue weighted by Gasteiger charge is 2.21. The Balaban J connectivity index is 2.16. The fourth-order valence-electron chi connectivity index (χ4n) is 1.94. The molecule has 7 heteroatoms. The Bertz CT molecular complexity index is 267. The average Bonchev–Trinajstić information content (AvgIpc) is 2.34. The second kappa shape index (κ2) is 7.29. The van der Waals surface area contributed by atoms with Crippen LogP contribution in [0.5, 0.6) is 0 Å². The quantitative estimate of drug-likeness (QED) is 0.455. The third-order valence-corrected chi connectivity index (χ3v) is 2.88. The van der Waals surface area contributed by atoms with Gasteiger partial charge in [0, 0.05) is 5.92 Å². The third kappa shape index (κ3) is 5.69. The highest BCUT2D eigenvalue weighted by atomic mass is 16.4. The predicted octanol–water partition coefficient (Wildman–Crippen LogP) is -1.19. The summed E-state index contributed by atoms with van der Waals surface area (Å²) in [4.78, 5) is 22.8. The van der Waals surface area contributed by atoms with Gasteiger partial charge in [0.15, 0.2) is 0 Å². The smallest absolute Gasteiger partial charge is 0.426 e. The van der Waals surface area contributed by atoms with E-state index in [0.29, 0.717) is 0 Å². The van der Waals surface area contributed by atoms with E-state index in [-0.39, 0.29) is 24.8 Å². The molecule has 6 nitrogen and oxygen atoms in total. The molecule has 1 saturated carbocycles. The maximum Gasteiger partial charge on any atom is 0.472 e. The second-order valence-corrected chi connectivity index (χ2v) is 4.34. The molecule has 0 spiro atoms. The number of amides is 2. The van der Waals surface area contributed by atoms with Crippen LogP contribution in [0.4, 0.5) is 0 Å². The maximum atomic E-state index is 11.7. The van der Waals surface area contributed by atoms with Crippen LogP contribution in [0.1, 0.15) is 32.1 Å². The van der Waals surface area contributed by atoms with Crippen molar-refractivity contribution in [3.8, 4) is 0 Å². The SMILES string of the molecule is O=C(CNC(=O)C1CCCCC1)NCB(O)O. The fraction of sp³-hybridized carbons (Fsp3) is 0.800. The summed E-state index contributed by atoms with van der Waals surface area (Å²) >= 11 is 0. The molecule has 1 fully saturated rings. The fourth-order valence-corrected chi connectivity index (χ4v) is 1.94. The lowest BCUT2D eigenvalue weighted by Crippen LogP contribution is -2.43. The van der Waals surface area contributed by atoms with Gasteiger partial charge in [-0.05, 0) is 12.8 Å². The van der Waals surface area contributed by atoms with Crippen molar-refractivity contribution in [1.29, 1.82) is 0 Å². The summed E-state index contributed by atoms with van der Waals surface area (Å²) in [5.41, 5.74) is 0. The van der Waals surface area contributed by atoms with E-state index in [0.717, 1.165) is 25.7 Å². The van der Waals surface area contributed by atoms with Crippen molar-refractivity contribution in [3.05, 3.63) is 0 Å². The van der Waals surface area contributed by atoms with Gasteiger partial charge in [-0.3, -0.25) is 9.59 Å². The van der Waals surface area contributed by atoms with Gasteiger partial charge in [-0.15, -0.1) is 0 Å². The molecule has 96 valence electrons. The Labute approximate surface area is 101 Å². The van der Waals surface area contributed by atoms with Crippen molar-refractivity contribution >= 4 is 18.9 Å². The zero-order valence-electron chi connectivity index (χ0n) is 9.82. The van der Waals surface area contributed by atoms with E-state index in [1.54, 1.807) is 0 Å². The third-order valence-electron chi connectivity index (χ3n) is 2.88. The van der Waals surface area contributed by atoms with Crippen molar-refractivity contribution in [1.82, 2.24) is 10.6 Å². The minimum absolute atomic E-state index is 0.0278. The summed E-state index contributed by atoms with van der Waals surface area (Å²) in [5.74, 6) is -0.466. The summed E-state index contributed by atoms with van der Waals surface area (Å²) in [7, 11) is -1.56. The van der Waals surface area contributed by atoms with E-state index in [4.69, 9.17) is 10.0 Å². The Kier molecular flexibility index (Phi) is 6.00. The number of nitrogens with one attached hydrogen (secondary N) is 2. The largest absolute Gasteiger partial charge is 0.472 e. The standard InChI is InChI=1S/C10H19BN2O4/c14-9(13-7-11(16)17)6-12-10(15)8-4-2-1-3-5-8/h8,16-17H,1-7H2,(H,12,15)(H,13,14). The van der Waals surface area contributed by atoms with Gasteiger partial charge in [-0.25, -0.2) is 0 Å². The van der Waals surface area contributed by atoms with Gasteiger partial charge in [0.2, 0.25) is 11.8 Å². The van der Waals surface area contributed by atoms with Gasteiger partial charge in [-0.1, -0.05) is 19.3 Å². The molecule has 0 aromatic rings. The van der Waals surface area contributed by atoms with E-state index in [9.17, 15) is 9.59 Å². The lowest BCUT2D eigenvalue weighted by atomic mass is 9.89. The number of rotatable bonds is 5. The van der Waals surface area contributed by atoms with Gasteiger partial charge in [0.05, 0.1) is 13.0 Å². The number of carbonyl (C=O) groups excluding carboxylic acids is 2. The molecule has 0 saturated heterocycles. The summed E-state index contributed by atoms with van der Waals surface area (Å²) in [6.45, 7) is -0.109. The molecule has 2 amide bonds. The van der Waals surface area contributed by atoms with Crippen LogP contribution in [0.3, 0.4) is 0 Å². The molecule has 0 heterocycles. The summed E-state index contributed by atoms with van der Waals surface area (Å²) in [6, 6.07) is 0. The molecule has 0 unspecified atom stereocenters. The van der Waals surface area contributed by atoms with Crippen molar-refractivity contribution in [2.75, 3.05) is 13.0 Å². The first-order valence-electron chi connectivity index (χ1n) is 6.00. The first kappa shape index (κ1) is 14.0. The van der Waals surface area contributed by atoms with E-state index < -0.39 is 13.0 Å². The van der Waals surface area contributed by atoms with Crippen LogP contribution in [0.15, 0.2) is 0 Å². The lowest BCUT2D eigenvalue weighted by molar-refractivity contribution is -0.129. The molecule has 0 aromatic carbocycles. The van der Waals surface area contributed by atoms with Crippen LogP contribution in [0.2, 0.25) is 0 Å². The average molecular weight is 242 g/mol. The Morgan fingerprint density at radius 3 is 2.35 bits per heavy atom. The molecule has 1 rings (SSSR count). The van der Waals surface area contributed by atoms with E-state index in [1.165, 1.54) is 6.42 Å². The molecule has 0 bridgehead atoms. The van der Waals surface area contributed by atoms with Gasteiger partial charge < -0.3 is 20.7 Å². The van der Waals surface area contributed by atoms with Crippen molar-refractivity contribution in [2.24, 2.45) is 5.92 Å². The van der Waals surface area contributed by atoms with Crippen molar-refractivity contribution in [2.45, 2.75) is 32.1 Å². The minimum atomic E-state index is -1.56. The van der Waals surface area contributed by atoms with Crippen molar-refractivity contribution < 1.29 is 19.6 Å². The van der Waals surface area contributed by atoms with E-state index in [1.807, 2.05) is 0 Å². The van der Waals surface area contributed by atoms with E-state index in [2.05, 4.69) is 10.6 Å². The monoisotopic (exact) mass is 242 g/mol. The van der Waals surface area contributed by atoms with Gasteiger partial charge in [0.1, 0.15) is 0 Å². The zero-order valence-corrected chi connectivity index (χ0v) is 9.82. The molecule has 0 atom stereocenters. The zero-order chi connectivity index (χ0) is 12.7. The molecule has 0 aromatic heterocycles. The first-order chi connectivity index (χ1) is 8.09. The number of carbonyl (C=O) groups is 2.